The zero-order chi connectivity index (χ0) is 37.4. The standard InChI is InChI=1S/C54H38N2/c1-53(2)46-28-12-9-27-43(46)44-31-32-45-50(35-17-5-3-6-18-35)55-52(56-51(45)49(44)53)38-21-15-19-36(33-38)37-20-16-24-40(34-37)54(39-22-7-4-8-23-39)47-29-13-10-25-41(47)42-26-11-14-30-48(42)54/h3-34H,1-2H3. The van der Waals surface area contributed by atoms with E-state index >= 15 is 0 Å². The van der Waals surface area contributed by atoms with Gasteiger partial charge in [-0.25, -0.2) is 9.97 Å². The van der Waals surface area contributed by atoms with E-state index in [-0.39, 0.29) is 5.41 Å². The van der Waals surface area contributed by atoms with Crippen LogP contribution in [0, 0.1) is 0 Å². The van der Waals surface area contributed by atoms with Crippen LogP contribution in [-0.2, 0) is 10.8 Å². The molecule has 11 rings (SSSR count). The van der Waals surface area contributed by atoms with Crippen molar-refractivity contribution in [3.8, 4) is 56.0 Å². The van der Waals surface area contributed by atoms with E-state index < -0.39 is 5.41 Å². The summed E-state index contributed by atoms with van der Waals surface area (Å²) in [6.45, 7) is 4.66. The molecule has 0 saturated heterocycles. The Balaban J connectivity index is 1.10. The van der Waals surface area contributed by atoms with Crippen molar-refractivity contribution in [2.24, 2.45) is 0 Å². The van der Waals surface area contributed by atoms with Gasteiger partial charge in [0.15, 0.2) is 5.82 Å². The van der Waals surface area contributed by atoms with Gasteiger partial charge in [-0.1, -0.05) is 190 Å². The van der Waals surface area contributed by atoms with E-state index in [9.17, 15) is 0 Å². The van der Waals surface area contributed by atoms with Gasteiger partial charge in [0.1, 0.15) is 0 Å². The summed E-state index contributed by atoms with van der Waals surface area (Å²) < 4.78 is 0. The summed E-state index contributed by atoms with van der Waals surface area (Å²) in [6.07, 6.45) is 0. The zero-order valence-corrected chi connectivity index (χ0v) is 31.4. The average Bonchev–Trinajstić information content (AvgIpc) is 3.70. The van der Waals surface area contributed by atoms with Gasteiger partial charge in [0.2, 0.25) is 0 Å². The normalized spacial score (nSPS) is 14.2. The molecule has 0 spiro atoms. The van der Waals surface area contributed by atoms with E-state index in [4.69, 9.17) is 9.97 Å². The van der Waals surface area contributed by atoms with Crippen molar-refractivity contribution in [1.29, 1.82) is 0 Å². The number of hydrogen-bond acceptors (Lipinski definition) is 2. The van der Waals surface area contributed by atoms with E-state index in [0.717, 1.165) is 44.7 Å². The highest BCUT2D eigenvalue weighted by Gasteiger charge is 2.46. The van der Waals surface area contributed by atoms with E-state index in [1.807, 2.05) is 0 Å². The monoisotopic (exact) mass is 714 g/mol. The summed E-state index contributed by atoms with van der Waals surface area (Å²) in [5.41, 5.74) is 18.5. The number of hydrogen-bond donors (Lipinski definition) is 0. The number of aromatic nitrogens is 2. The first-order valence-electron chi connectivity index (χ1n) is 19.5. The Kier molecular flexibility index (Phi) is 7.15. The number of rotatable bonds is 5. The first-order chi connectivity index (χ1) is 27.5. The molecular weight excluding hydrogens is 677 g/mol. The van der Waals surface area contributed by atoms with Crippen molar-refractivity contribution in [2.75, 3.05) is 0 Å². The lowest BCUT2D eigenvalue weighted by molar-refractivity contribution is 0.664. The molecule has 1 aromatic heterocycles. The van der Waals surface area contributed by atoms with E-state index in [2.05, 4.69) is 208 Å². The number of benzene rings is 8. The van der Waals surface area contributed by atoms with Gasteiger partial charge in [0, 0.05) is 21.9 Å². The molecule has 8 aromatic carbocycles. The Morgan fingerprint density at radius 2 is 0.893 bits per heavy atom. The highest BCUT2D eigenvalue weighted by atomic mass is 14.9. The molecule has 0 N–H and O–H groups in total. The van der Waals surface area contributed by atoms with Crippen LogP contribution in [-0.4, -0.2) is 9.97 Å². The SMILES string of the molecule is CC1(C)c2ccccc2-c2ccc3c(-c4ccccc4)nc(-c4cccc(-c5cccc(C6(c7ccccc7)c7ccccc7-c7ccccc76)c5)c4)nc3c21. The predicted molar refractivity (Wildman–Crippen MR) is 231 cm³/mol. The lowest BCUT2D eigenvalue weighted by Gasteiger charge is -2.34. The van der Waals surface area contributed by atoms with Gasteiger partial charge in [-0.05, 0) is 85.0 Å². The van der Waals surface area contributed by atoms with Crippen LogP contribution in [0.5, 0.6) is 0 Å². The summed E-state index contributed by atoms with van der Waals surface area (Å²) in [7, 11) is 0. The molecule has 2 aliphatic carbocycles. The maximum Gasteiger partial charge on any atom is 0.160 e. The fraction of sp³-hybridized carbons (Fsp3) is 0.0741. The van der Waals surface area contributed by atoms with E-state index in [1.165, 1.54) is 55.6 Å². The summed E-state index contributed by atoms with van der Waals surface area (Å²) in [6, 6.07) is 70.6. The third-order valence-corrected chi connectivity index (χ3v) is 12.3. The molecule has 0 amide bonds. The first kappa shape index (κ1) is 32.5. The predicted octanol–water partition coefficient (Wildman–Crippen LogP) is 13.3. The number of nitrogens with zero attached hydrogens (tertiary/aromatic N) is 2. The highest BCUT2D eigenvalue weighted by Crippen LogP contribution is 2.56. The van der Waals surface area contributed by atoms with Crippen molar-refractivity contribution in [3.63, 3.8) is 0 Å². The average molecular weight is 715 g/mol. The molecule has 0 unspecified atom stereocenters. The van der Waals surface area contributed by atoms with Gasteiger partial charge in [0.25, 0.3) is 0 Å². The molecule has 56 heavy (non-hydrogen) atoms. The fourth-order valence-electron chi connectivity index (χ4n) is 9.88. The largest absolute Gasteiger partial charge is 0.228 e. The van der Waals surface area contributed by atoms with Gasteiger partial charge in [-0.15, -0.1) is 0 Å². The van der Waals surface area contributed by atoms with Crippen molar-refractivity contribution in [1.82, 2.24) is 9.97 Å². The minimum absolute atomic E-state index is 0.209. The lowest BCUT2D eigenvalue weighted by atomic mass is 9.67. The maximum absolute atomic E-state index is 5.49. The molecule has 264 valence electrons. The molecule has 0 bridgehead atoms. The Bertz CT molecular complexity index is 2950. The third kappa shape index (κ3) is 4.63. The second-order valence-corrected chi connectivity index (χ2v) is 15.7. The molecule has 0 saturated carbocycles. The van der Waals surface area contributed by atoms with Crippen LogP contribution >= 0.6 is 0 Å². The molecule has 2 nitrogen and oxygen atoms in total. The number of fused-ring (bicyclic) bond motifs is 8. The molecular formula is C54H38N2. The molecule has 2 aliphatic rings. The van der Waals surface area contributed by atoms with E-state index in [1.54, 1.807) is 0 Å². The van der Waals surface area contributed by atoms with E-state index in [0.29, 0.717) is 0 Å². The van der Waals surface area contributed by atoms with Crippen molar-refractivity contribution in [2.45, 2.75) is 24.7 Å². The van der Waals surface area contributed by atoms with Crippen LogP contribution in [0.1, 0.15) is 47.2 Å². The van der Waals surface area contributed by atoms with Crippen LogP contribution in [0.3, 0.4) is 0 Å². The summed E-state index contributed by atoms with van der Waals surface area (Å²) in [5.74, 6) is 0.730. The summed E-state index contributed by atoms with van der Waals surface area (Å²) in [4.78, 5) is 10.9. The molecule has 9 aromatic rings. The molecule has 0 radical (unpaired) electrons. The molecule has 0 fully saturated rings. The van der Waals surface area contributed by atoms with Gasteiger partial charge in [0.05, 0.1) is 16.6 Å². The van der Waals surface area contributed by atoms with Gasteiger partial charge >= 0.3 is 0 Å². The van der Waals surface area contributed by atoms with Crippen molar-refractivity contribution < 1.29 is 0 Å². The minimum Gasteiger partial charge on any atom is -0.228 e. The smallest absolute Gasteiger partial charge is 0.160 e. The van der Waals surface area contributed by atoms with Crippen LogP contribution in [0.4, 0.5) is 0 Å². The van der Waals surface area contributed by atoms with Crippen LogP contribution in [0.2, 0.25) is 0 Å². The zero-order valence-electron chi connectivity index (χ0n) is 31.4. The third-order valence-electron chi connectivity index (χ3n) is 12.3. The van der Waals surface area contributed by atoms with Gasteiger partial charge in [-0.2, -0.15) is 0 Å². The van der Waals surface area contributed by atoms with Crippen molar-refractivity contribution in [3.05, 3.63) is 228 Å². The van der Waals surface area contributed by atoms with Crippen LogP contribution in [0.25, 0.3) is 66.9 Å². The van der Waals surface area contributed by atoms with Crippen LogP contribution in [0.15, 0.2) is 194 Å². The van der Waals surface area contributed by atoms with Gasteiger partial charge in [-0.3, -0.25) is 0 Å². The fourth-order valence-corrected chi connectivity index (χ4v) is 9.88. The highest BCUT2D eigenvalue weighted by molar-refractivity contribution is 6.02. The Labute approximate surface area is 327 Å². The minimum atomic E-state index is -0.459. The Morgan fingerprint density at radius 1 is 0.375 bits per heavy atom. The molecule has 0 aliphatic heterocycles. The Morgan fingerprint density at radius 3 is 1.59 bits per heavy atom. The second kappa shape index (κ2) is 12.3. The Hall–Kier alpha value is -6.90. The lowest BCUT2D eigenvalue weighted by Crippen LogP contribution is -2.28. The first-order valence-corrected chi connectivity index (χ1v) is 19.5. The van der Waals surface area contributed by atoms with Gasteiger partial charge < -0.3 is 0 Å². The molecule has 0 atom stereocenters. The second-order valence-electron chi connectivity index (χ2n) is 15.7. The molecule has 1 heterocycles. The molecule has 2 heteroatoms. The summed E-state index contributed by atoms with van der Waals surface area (Å²) >= 11 is 0. The maximum atomic E-state index is 5.49. The quantitative estimate of drug-likeness (QED) is 0.177. The topological polar surface area (TPSA) is 25.8 Å². The summed E-state index contributed by atoms with van der Waals surface area (Å²) in [5, 5.41) is 1.08. The van der Waals surface area contributed by atoms with Crippen LogP contribution < -0.4 is 0 Å². The van der Waals surface area contributed by atoms with Crippen molar-refractivity contribution >= 4 is 10.9 Å².